The molecule has 2 rings (SSSR count). The molecule has 2 aromatic rings. The van der Waals surface area contributed by atoms with Gasteiger partial charge in [-0.2, -0.15) is 17.6 Å². The van der Waals surface area contributed by atoms with E-state index in [-0.39, 0.29) is 5.15 Å². The largest absolute Gasteiger partial charge is 0.433 e. The Bertz CT molecular complexity index is 547. The molecule has 0 unspecified atom stereocenters. The van der Waals surface area contributed by atoms with Crippen molar-refractivity contribution < 1.29 is 17.6 Å². The summed E-state index contributed by atoms with van der Waals surface area (Å²) in [7, 11) is 0. The zero-order valence-electron chi connectivity index (χ0n) is 10.7. The monoisotopic (exact) mass is 306 g/mol. The summed E-state index contributed by atoms with van der Waals surface area (Å²) in [4.78, 5) is 6.59. The Balaban J connectivity index is 0.000000956. The molecule has 2 heterocycles. The maximum atomic E-state index is 13.0. The highest BCUT2D eigenvalue weighted by Crippen LogP contribution is 2.29. The van der Waals surface area contributed by atoms with Crippen molar-refractivity contribution in [1.82, 2.24) is 9.97 Å². The number of alkyl halides is 3. The molecule has 0 aliphatic carbocycles. The zero-order valence-corrected chi connectivity index (χ0v) is 11.4. The van der Waals surface area contributed by atoms with Crippen LogP contribution in [0.4, 0.5) is 17.6 Å². The van der Waals surface area contributed by atoms with Crippen molar-refractivity contribution >= 4 is 11.6 Å². The fraction of sp³-hybridized carbons (Fsp3) is 0.231. The van der Waals surface area contributed by atoms with E-state index < -0.39 is 17.8 Å². The van der Waals surface area contributed by atoms with Gasteiger partial charge in [0, 0.05) is 17.8 Å². The first-order valence-electron chi connectivity index (χ1n) is 5.73. The molecule has 108 valence electrons. The van der Waals surface area contributed by atoms with Crippen molar-refractivity contribution in [2.24, 2.45) is 0 Å². The van der Waals surface area contributed by atoms with E-state index in [0.717, 1.165) is 18.3 Å². The van der Waals surface area contributed by atoms with Gasteiger partial charge in [0.05, 0.1) is 0 Å². The van der Waals surface area contributed by atoms with Crippen LogP contribution in [0.25, 0.3) is 11.1 Å². The second-order valence-electron chi connectivity index (χ2n) is 3.43. The fourth-order valence-electron chi connectivity index (χ4n) is 1.36. The Hall–Kier alpha value is -1.69. The summed E-state index contributed by atoms with van der Waals surface area (Å²) in [6.45, 7) is 4.00. The highest BCUT2D eigenvalue weighted by atomic mass is 35.5. The predicted molar refractivity (Wildman–Crippen MR) is 68.8 cm³/mol. The van der Waals surface area contributed by atoms with Crippen LogP contribution in [0.2, 0.25) is 5.15 Å². The first-order valence-corrected chi connectivity index (χ1v) is 6.11. The molecule has 0 saturated carbocycles. The standard InChI is InChI=1S/C11H5ClF4N2.C2H6/c12-9-3-7(4-10(13)18-9)6-1-2-8(17-5-6)11(14,15)16;1-2/h1-5H;1-2H3. The quantitative estimate of drug-likeness (QED) is 0.548. The third-order valence-corrected chi connectivity index (χ3v) is 2.34. The first-order chi connectivity index (χ1) is 9.36. The van der Waals surface area contributed by atoms with Crippen LogP contribution >= 0.6 is 11.6 Å². The van der Waals surface area contributed by atoms with Crippen LogP contribution in [0.5, 0.6) is 0 Å². The van der Waals surface area contributed by atoms with Crippen LogP contribution < -0.4 is 0 Å². The number of nitrogens with zero attached hydrogens (tertiary/aromatic N) is 2. The van der Waals surface area contributed by atoms with Crippen LogP contribution in [-0.4, -0.2) is 9.97 Å². The molecule has 2 aromatic heterocycles. The van der Waals surface area contributed by atoms with E-state index in [1.54, 1.807) is 0 Å². The van der Waals surface area contributed by atoms with Crippen molar-refractivity contribution in [1.29, 1.82) is 0 Å². The van der Waals surface area contributed by atoms with E-state index in [1.165, 1.54) is 12.1 Å². The molecular formula is C13H11ClF4N2. The van der Waals surface area contributed by atoms with Gasteiger partial charge in [0.15, 0.2) is 0 Å². The number of aromatic nitrogens is 2. The van der Waals surface area contributed by atoms with Crippen molar-refractivity contribution in [2.75, 3.05) is 0 Å². The van der Waals surface area contributed by atoms with Gasteiger partial charge in [0.2, 0.25) is 5.95 Å². The highest BCUT2D eigenvalue weighted by molar-refractivity contribution is 6.29. The molecule has 0 aliphatic heterocycles. The molecule has 7 heteroatoms. The lowest BCUT2D eigenvalue weighted by Gasteiger charge is -2.06. The summed E-state index contributed by atoms with van der Waals surface area (Å²) in [5.74, 6) is -0.808. The van der Waals surface area contributed by atoms with Crippen molar-refractivity contribution in [3.05, 3.63) is 47.3 Å². The van der Waals surface area contributed by atoms with Gasteiger partial charge in [-0.05, 0) is 17.7 Å². The maximum Gasteiger partial charge on any atom is 0.433 e. The minimum Gasteiger partial charge on any atom is -0.251 e. The minimum absolute atomic E-state index is 0.0788. The van der Waals surface area contributed by atoms with Crippen molar-refractivity contribution in [2.45, 2.75) is 20.0 Å². The number of hydrogen-bond acceptors (Lipinski definition) is 2. The maximum absolute atomic E-state index is 13.0. The Morgan fingerprint density at radius 3 is 2.15 bits per heavy atom. The molecule has 0 spiro atoms. The number of pyridine rings is 2. The minimum atomic E-state index is -4.50. The molecule has 20 heavy (non-hydrogen) atoms. The SMILES string of the molecule is CC.Fc1cc(-c2ccc(C(F)(F)F)nc2)cc(Cl)n1. The lowest BCUT2D eigenvalue weighted by Crippen LogP contribution is -2.07. The predicted octanol–water partition coefficient (Wildman–Crippen LogP) is 4.98. The van der Waals surface area contributed by atoms with Crippen LogP contribution in [0, 0.1) is 5.95 Å². The van der Waals surface area contributed by atoms with Crippen molar-refractivity contribution in [3.63, 3.8) is 0 Å². The molecule has 0 aromatic carbocycles. The van der Waals surface area contributed by atoms with Gasteiger partial charge in [0.25, 0.3) is 0 Å². The first kappa shape index (κ1) is 16.4. The Labute approximate surface area is 118 Å². The Morgan fingerprint density at radius 2 is 1.70 bits per heavy atom. The van der Waals surface area contributed by atoms with E-state index >= 15 is 0 Å². The molecule has 0 saturated heterocycles. The van der Waals surface area contributed by atoms with Gasteiger partial charge in [0.1, 0.15) is 10.8 Å². The summed E-state index contributed by atoms with van der Waals surface area (Å²) >= 11 is 5.55. The van der Waals surface area contributed by atoms with Crippen molar-refractivity contribution in [3.8, 4) is 11.1 Å². The molecule has 0 bridgehead atoms. The average molecular weight is 307 g/mol. The van der Waals surface area contributed by atoms with Gasteiger partial charge >= 0.3 is 6.18 Å². The molecule has 0 fully saturated rings. The van der Waals surface area contributed by atoms with E-state index in [2.05, 4.69) is 9.97 Å². The smallest absolute Gasteiger partial charge is 0.251 e. The lowest BCUT2D eigenvalue weighted by atomic mass is 10.1. The average Bonchev–Trinajstić information content (AvgIpc) is 2.39. The third kappa shape index (κ3) is 4.16. The van der Waals surface area contributed by atoms with Gasteiger partial charge in [-0.25, -0.2) is 4.98 Å². The molecule has 0 atom stereocenters. The third-order valence-electron chi connectivity index (χ3n) is 2.15. The number of rotatable bonds is 1. The summed E-state index contributed by atoms with van der Waals surface area (Å²) in [5, 5.41) is -0.0788. The molecule has 0 aliphatic rings. The molecule has 2 nitrogen and oxygen atoms in total. The number of hydrogen-bond donors (Lipinski definition) is 0. The van der Waals surface area contributed by atoms with E-state index in [9.17, 15) is 17.6 Å². The van der Waals surface area contributed by atoms with E-state index in [0.29, 0.717) is 11.1 Å². The van der Waals surface area contributed by atoms with Gasteiger partial charge in [-0.3, -0.25) is 4.98 Å². The van der Waals surface area contributed by atoms with E-state index in [4.69, 9.17) is 11.6 Å². The topological polar surface area (TPSA) is 25.8 Å². The number of halogens is 5. The second kappa shape index (κ2) is 6.65. The Kier molecular flexibility index (Phi) is 5.44. The van der Waals surface area contributed by atoms with Gasteiger partial charge in [-0.15, -0.1) is 0 Å². The molecule has 0 radical (unpaired) electrons. The fourth-order valence-corrected chi connectivity index (χ4v) is 1.56. The van der Waals surface area contributed by atoms with Crippen LogP contribution in [0.15, 0.2) is 30.5 Å². The zero-order chi connectivity index (χ0) is 15.3. The summed E-state index contributed by atoms with van der Waals surface area (Å²) < 4.78 is 49.9. The van der Waals surface area contributed by atoms with Crippen LogP contribution in [0.1, 0.15) is 19.5 Å². The summed E-state index contributed by atoms with van der Waals surface area (Å²) in [5.41, 5.74) is -0.369. The van der Waals surface area contributed by atoms with Crippen LogP contribution in [0.3, 0.4) is 0 Å². The second-order valence-corrected chi connectivity index (χ2v) is 3.82. The molecule has 0 amide bonds. The highest BCUT2D eigenvalue weighted by Gasteiger charge is 2.32. The Morgan fingerprint density at radius 1 is 1.05 bits per heavy atom. The van der Waals surface area contributed by atoms with Gasteiger partial charge in [-0.1, -0.05) is 31.5 Å². The van der Waals surface area contributed by atoms with E-state index in [1.807, 2.05) is 13.8 Å². The molecule has 0 N–H and O–H groups in total. The normalized spacial score (nSPS) is 10.8. The lowest BCUT2D eigenvalue weighted by molar-refractivity contribution is -0.141. The van der Waals surface area contributed by atoms with Crippen LogP contribution in [-0.2, 0) is 6.18 Å². The van der Waals surface area contributed by atoms with Gasteiger partial charge < -0.3 is 0 Å². The summed E-state index contributed by atoms with van der Waals surface area (Å²) in [6, 6.07) is 4.42. The molecular weight excluding hydrogens is 296 g/mol. The summed E-state index contributed by atoms with van der Waals surface area (Å²) in [6.07, 6.45) is -3.49.